The van der Waals surface area contributed by atoms with Crippen molar-refractivity contribution in [1.29, 1.82) is 0 Å². The van der Waals surface area contributed by atoms with Crippen LogP contribution in [0.25, 0.3) is 0 Å². The molecule has 0 aromatic rings. The van der Waals surface area contributed by atoms with Crippen LogP contribution in [0.2, 0.25) is 0 Å². The van der Waals surface area contributed by atoms with E-state index in [0.29, 0.717) is 18.9 Å². The molecule has 0 saturated heterocycles. The lowest BCUT2D eigenvalue weighted by Crippen LogP contribution is -2.16. The third kappa shape index (κ3) is 2.52. The molecule has 0 aromatic carbocycles. The zero-order valence-electron chi connectivity index (χ0n) is 9.70. The number of esters is 1. The highest BCUT2D eigenvalue weighted by molar-refractivity contribution is 5.93. The van der Waals surface area contributed by atoms with Gasteiger partial charge < -0.3 is 4.74 Å². The highest BCUT2D eigenvalue weighted by Gasteiger charge is 2.32. The van der Waals surface area contributed by atoms with Crippen molar-refractivity contribution in [3.05, 3.63) is 11.6 Å². The van der Waals surface area contributed by atoms with Gasteiger partial charge in [0.2, 0.25) is 0 Å². The second-order valence-corrected chi connectivity index (χ2v) is 4.80. The van der Waals surface area contributed by atoms with Crippen LogP contribution in [0.1, 0.15) is 39.0 Å². The van der Waals surface area contributed by atoms with Crippen molar-refractivity contribution in [2.24, 2.45) is 11.8 Å². The summed E-state index contributed by atoms with van der Waals surface area (Å²) in [6.07, 6.45) is 7.22. The molecule has 2 aliphatic carbocycles. The Bertz CT molecular complexity index is 324. The first-order chi connectivity index (χ1) is 7.66. The van der Waals surface area contributed by atoms with E-state index >= 15 is 0 Å². The zero-order chi connectivity index (χ0) is 11.5. The largest absolute Gasteiger partial charge is 0.465 e. The SMILES string of the molecule is CC(=O)OCC1CC(=O)C=C1C1CCCC1. The molecule has 0 aromatic heterocycles. The molecule has 0 radical (unpaired) electrons. The van der Waals surface area contributed by atoms with Gasteiger partial charge in [0.15, 0.2) is 5.78 Å². The normalized spacial score (nSPS) is 25.9. The van der Waals surface area contributed by atoms with Crippen molar-refractivity contribution in [3.8, 4) is 0 Å². The van der Waals surface area contributed by atoms with Gasteiger partial charge >= 0.3 is 5.97 Å². The van der Waals surface area contributed by atoms with Gasteiger partial charge in [-0.25, -0.2) is 0 Å². The van der Waals surface area contributed by atoms with Crippen LogP contribution in [-0.2, 0) is 14.3 Å². The number of carbonyl (C=O) groups excluding carboxylic acids is 2. The lowest BCUT2D eigenvalue weighted by Gasteiger charge is -2.18. The van der Waals surface area contributed by atoms with E-state index in [-0.39, 0.29) is 17.7 Å². The van der Waals surface area contributed by atoms with Gasteiger partial charge in [-0.05, 0) is 24.8 Å². The number of carbonyl (C=O) groups is 2. The topological polar surface area (TPSA) is 43.4 Å². The van der Waals surface area contributed by atoms with E-state index < -0.39 is 0 Å². The highest BCUT2D eigenvalue weighted by atomic mass is 16.5. The fourth-order valence-electron chi connectivity index (χ4n) is 2.81. The van der Waals surface area contributed by atoms with Gasteiger partial charge in [0.1, 0.15) is 0 Å². The van der Waals surface area contributed by atoms with Crippen molar-refractivity contribution in [2.45, 2.75) is 39.0 Å². The van der Waals surface area contributed by atoms with Crippen LogP contribution in [0.4, 0.5) is 0 Å². The molecule has 1 unspecified atom stereocenters. The van der Waals surface area contributed by atoms with Crippen LogP contribution in [0, 0.1) is 11.8 Å². The van der Waals surface area contributed by atoms with Crippen LogP contribution >= 0.6 is 0 Å². The monoisotopic (exact) mass is 222 g/mol. The fraction of sp³-hybridized carbons (Fsp3) is 0.692. The third-order valence-electron chi connectivity index (χ3n) is 3.56. The molecule has 0 spiro atoms. The first-order valence-corrected chi connectivity index (χ1v) is 6.04. The predicted molar refractivity (Wildman–Crippen MR) is 59.8 cm³/mol. The van der Waals surface area contributed by atoms with Crippen LogP contribution in [0.15, 0.2) is 11.6 Å². The summed E-state index contributed by atoms with van der Waals surface area (Å²) in [6.45, 7) is 1.79. The molecule has 88 valence electrons. The molecule has 0 aliphatic heterocycles. The number of ether oxygens (including phenoxy) is 1. The lowest BCUT2D eigenvalue weighted by molar-refractivity contribution is -0.142. The fourth-order valence-corrected chi connectivity index (χ4v) is 2.81. The standard InChI is InChI=1S/C13H18O3/c1-9(14)16-8-11-6-12(15)7-13(11)10-4-2-3-5-10/h7,10-11H,2-6,8H2,1H3. The maximum atomic E-state index is 11.4. The van der Waals surface area contributed by atoms with Crippen molar-refractivity contribution < 1.29 is 14.3 Å². The van der Waals surface area contributed by atoms with Gasteiger partial charge in [-0.2, -0.15) is 0 Å². The van der Waals surface area contributed by atoms with Gasteiger partial charge in [-0.1, -0.05) is 18.4 Å². The van der Waals surface area contributed by atoms with Gasteiger partial charge in [0.05, 0.1) is 6.61 Å². The van der Waals surface area contributed by atoms with Crippen LogP contribution in [-0.4, -0.2) is 18.4 Å². The zero-order valence-corrected chi connectivity index (χ0v) is 9.70. The Hall–Kier alpha value is -1.12. The summed E-state index contributed by atoms with van der Waals surface area (Å²) < 4.78 is 5.03. The van der Waals surface area contributed by atoms with E-state index in [1.165, 1.54) is 38.2 Å². The molecular formula is C13H18O3. The number of allylic oxidation sites excluding steroid dienone is 1. The van der Waals surface area contributed by atoms with E-state index in [1.807, 2.05) is 0 Å². The lowest BCUT2D eigenvalue weighted by atomic mass is 9.89. The summed E-state index contributed by atoms with van der Waals surface area (Å²) in [7, 11) is 0. The molecule has 1 saturated carbocycles. The molecular weight excluding hydrogens is 204 g/mol. The summed E-state index contributed by atoms with van der Waals surface area (Å²) in [4.78, 5) is 22.2. The number of hydrogen-bond donors (Lipinski definition) is 0. The van der Waals surface area contributed by atoms with Gasteiger partial charge in [0, 0.05) is 19.3 Å². The Morgan fingerprint density at radius 3 is 2.75 bits per heavy atom. The number of ketones is 1. The van der Waals surface area contributed by atoms with E-state index in [1.54, 1.807) is 6.08 Å². The number of hydrogen-bond acceptors (Lipinski definition) is 3. The van der Waals surface area contributed by atoms with Gasteiger partial charge in [0.25, 0.3) is 0 Å². The molecule has 0 heterocycles. The minimum atomic E-state index is -0.259. The Balaban J connectivity index is 1.99. The summed E-state index contributed by atoms with van der Waals surface area (Å²) in [6, 6.07) is 0. The van der Waals surface area contributed by atoms with Gasteiger partial charge in [-0.15, -0.1) is 0 Å². The van der Waals surface area contributed by atoms with Crippen molar-refractivity contribution >= 4 is 11.8 Å². The van der Waals surface area contributed by atoms with Gasteiger partial charge in [-0.3, -0.25) is 9.59 Å². The third-order valence-corrected chi connectivity index (χ3v) is 3.56. The maximum absolute atomic E-state index is 11.4. The van der Waals surface area contributed by atoms with Crippen LogP contribution in [0.5, 0.6) is 0 Å². The maximum Gasteiger partial charge on any atom is 0.302 e. The van der Waals surface area contributed by atoms with E-state index in [4.69, 9.17) is 4.74 Å². The van der Waals surface area contributed by atoms with E-state index in [2.05, 4.69) is 0 Å². The Labute approximate surface area is 95.9 Å². The van der Waals surface area contributed by atoms with Crippen molar-refractivity contribution in [1.82, 2.24) is 0 Å². The summed E-state index contributed by atoms with van der Waals surface area (Å²) >= 11 is 0. The van der Waals surface area contributed by atoms with E-state index in [0.717, 1.165) is 0 Å². The first-order valence-electron chi connectivity index (χ1n) is 6.04. The average Bonchev–Trinajstić information content (AvgIpc) is 2.82. The molecule has 0 bridgehead atoms. The second kappa shape index (κ2) is 4.81. The van der Waals surface area contributed by atoms with Crippen molar-refractivity contribution in [2.75, 3.05) is 6.61 Å². The first kappa shape index (κ1) is 11.4. The second-order valence-electron chi connectivity index (χ2n) is 4.80. The molecule has 0 amide bonds. The average molecular weight is 222 g/mol. The molecule has 2 aliphatic rings. The molecule has 1 atom stereocenters. The van der Waals surface area contributed by atoms with Crippen LogP contribution < -0.4 is 0 Å². The van der Waals surface area contributed by atoms with E-state index in [9.17, 15) is 9.59 Å². The Morgan fingerprint density at radius 1 is 1.44 bits per heavy atom. The van der Waals surface area contributed by atoms with Crippen molar-refractivity contribution in [3.63, 3.8) is 0 Å². The molecule has 3 nitrogen and oxygen atoms in total. The summed E-state index contributed by atoms with van der Waals surface area (Å²) in [5.41, 5.74) is 1.24. The highest BCUT2D eigenvalue weighted by Crippen LogP contribution is 2.39. The molecule has 3 heteroatoms. The quantitative estimate of drug-likeness (QED) is 0.688. The molecule has 16 heavy (non-hydrogen) atoms. The Morgan fingerprint density at radius 2 is 2.12 bits per heavy atom. The smallest absolute Gasteiger partial charge is 0.302 e. The molecule has 0 N–H and O–H groups in total. The Kier molecular flexibility index (Phi) is 3.42. The number of rotatable bonds is 3. The summed E-state index contributed by atoms with van der Waals surface area (Å²) in [5.74, 6) is 0.649. The minimum absolute atomic E-state index is 0.152. The molecule has 1 fully saturated rings. The minimum Gasteiger partial charge on any atom is -0.465 e. The van der Waals surface area contributed by atoms with Crippen LogP contribution in [0.3, 0.4) is 0 Å². The summed E-state index contributed by atoms with van der Waals surface area (Å²) in [5, 5.41) is 0. The molecule has 2 rings (SSSR count). The predicted octanol–water partition coefficient (Wildman–Crippen LogP) is 2.26.